The van der Waals surface area contributed by atoms with Crippen LogP contribution in [0.4, 0.5) is 0 Å². The lowest BCUT2D eigenvalue weighted by molar-refractivity contribution is 0.363. The van der Waals surface area contributed by atoms with Gasteiger partial charge in [0.2, 0.25) is 0 Å². The highest BCUT2D eigenvalue weighted by Crippen LogP contribution is 2.37. The minimum atomic E-state index is -0.205. The molecule has 3 aromatic rings. The smallest absolute Gasteiger partial charge is 0.162 e. The van der Waals surface area contributed by atoms with E-state index < -0.39 is 0 Å². The molecule has 0 aromatic heterocycles. The van der Waals surface area contributed by atoms with Crippen LogP contribution in [0.3, 0.4) is 0 Å². The summed E-state index contributed by atoms with van der Waals surface area (Å²) in [6.07, 6.45) is 1.95. The van der Waals surface area contributed by atoms with E-state index in [1.54, 1.807) is 13.2 Å². The van der Waals surface area contributed by atoms with Gasteiger partial charge in [-0.15, -0.1) is 0 Å². The van der Waals surface area contributed by atoms with Crippen LogP contribution in [-0.2, 0) is 0 Å². The topological polar surface area (TPSA) is 53.5 Å². The van der Waals surface area contributed by atoms with Gasteiger partial charge in [0, 0.05) is 16.3 Å². The molecule has 0 amide bonds. The molecule has 3 aromatic carbocycles. The van der Waals surface area contributed by atoms with Crippen LogP contribution >= 0.6 is 11.6 Å². The highest BCUT2D eigenvalue weighted by atomic mass is 35.5. The minimum Gasteiger partial charge on any atom is -0.504 e. The van der Waals surface area contributed by atoms with E-state index in [1.807, 2.05) is 36.4 Å². The first-order valence-corrected chi connectivity index (χ1v) is 9.86. The number of aryl methyl sites for hydroxylation is 1. The summed E-state index contributed by atoms with van der Waals surface area (Å²) in [7, 11) is 1.55. The van der Waals surface area contributed by atoms with Gasteiger partial charge >= 0.3 is 0 Å². The highest BCUT2D eigenvalue weighted by Gasteiger charge is 2.26. The number of methoxy groups -OCH3 is 1. The predicted molar refractivity (Wildman–Crippen MR) is 117 cm³/mol. The van der Waals surface area contributed by atoms with Crippen molar-refractivity contribution < 1.29 is 9.84 Å². The number of benzene rings is 3. The summed E-state index contributed by atoms with van der Waals surface area (Å²) >= 11 is 6.07. The van der Waals surface area contributed by atoms with Gasteiger partial charge in [-0.1, -0.05) is 65.7 Å². The number of aromatic hydroxyl groups is 1. The second kappa shape index (κ2) is 8.19. The zero-order valence-corrected chi connectivity index (χ0v) is 17.1. The highest BCUT2D eigenvalue weighted by molar-refractivity contribution is 6.30. The molecule has 2 atom stereocenters. The average molecular weight is 407 g/mol. The van der Waals surface area contributed by atoms with Gasteiger partial charge in [0.15, 0.2) is 11.5 Å². The third kappa shape index (κ3) is 4.09. The number of ether oxygens (including phenoxy) is 1. The first kappa shape index (κ1) is 19.4. The molecule has 29 heavy (non-hydrogen) atoms. The van der Waals surface area contributed by atoms with Gasteiger partial charge in [0.25, 0.3) is 0 Å². The van der Waals surface area contributed by atoms with Crippen molar-refractivity contribution in [2.45, 2.75) is 19.1 Å². The second-order valence-electron chi connectivity index (χ2n) is 7.12. The maximum atomic E-state index is 10.7. The van der Waals surface area contributed by atoms with Crippen molar-refractivity contribution in [2.75, 3.05) is 7.11 Å². The molecule has 1 aliphatic heterocycles. The molecule has 1 aliphatic rings. The fraction of sp³-hybridized carbons (Fsp3) is 0.167. The normalized spacial score (nSPS) is 18.7. The molecule has 5 heteroatoms. The monoisotopic (exact) mass is 406 g/mol. The van der Waals surface area contributed by atoms with E-state index in [4.69, 9.17) is 16.3 Å². The number of hydrogen-bond acceptors (Lipinski definition) is 4. The summed E-state index contributed by atoms with van der Waals surface area (Å²) in [5.74, 6) is 0.597. The van der Waals surface area contributed by atoms with E-state index >= 15 is 0 Å². The van der Waals surface area contributed by atoms with Crippen LogP contribution in [0.1, 0.15) is 34.5 Å². The fourth-order valence-corrected chi connectivity index (χ4v) is 3.65. The lowest BCUT2D eigenvalue weighted by atomic mass is 9.97. The summed E-state index contributed by atoms with van der Waals surface area (Å²) in [6, 6.07) is 21.5. The lowest BCUT2D eigenvalue weighted by Crippen LogP contribution is -2.39. The van der Waals surface area contributed by atoms with Gasteiger partial charge in [-0.2, -0.15) is 0 Å². The maximum absolute atomic E-state index is 10.7. The van der Waals surface area contributed by atoms with Crippen LogP contribution in [0.2, 0.25) is 5.02 Å². The molecule has 0 radical (unpaired) electrons. The summed E-state index contributed by atoms with van der Waals surface area (Å²) in [5.41, 5.74) is 5.08. The van der Waals surface area contributed by atoms with Gasteiger partial charge < -0.3 is 15.2 Å². The summed E-state index contributed by atoms with van der Waals surface area (Å²) in [4.78, 5) is 0. The Morgan fingerprint density at radius 3 is 2.38 bits per heavy atom. The van der Waals surface area contributed by atoms with Crippen LogP contribution in [0, 0.1) is 6.92 Å². The van der Waals surface area contributed by atoms with Crippen molar-refractivity contribution in [1.29, 1.82) is 0 Å². The quantitative estimate of drug-likeness (QED) is 0.547. The van der Waals surface area contributed by atoms with E-state index in [0.29, 0.717) is 10.8 Å². The Hall–Kier alpha value is -2.95. The molecular formula is C24H23ClN2O2. The van der Waals surface area contributed by atoms with Gasteiger partial charge in [0.1, 0.15) is 6.17 Å². The molecule has 0 saturated heterocycles. The SMILES string of the molecule is COc1cccc(C2C=C(c3ccc(Cl)cc3)NC(c3ccc(C)cc3)N2)c1O. The molecule has 3 N–H and O–H groups in total. The molecule has 0 spiro atoms. The number of rotatable bonds is 4. The molecular weight excluding hydrogens is 384 g/mol. The van der Waals surface area contributed by atoms with Crippen LogP contribution in [0.25, 0.3) is 5.70 Å². The Morgan fingerprint density at radius 2 is 1.69 bits per heavy atom. The molecule has 1 heterocycles. The zero-order chi connectivity index (χ0) is 20.4. The minimum absolute atomic E-state index is 0.123. The first-order valence-electron chi connectivity index (χ1n) is 9.48. The Labute approximate surface area is 175 Å². The Morgan fingerprint density at radius 1 is 0.966 bits per heavy atom. The number of halogens is 1. The number of phenolic OH excluding ortho intramolecular Hbond substituents is 1. The van der Waals surface area contributed by atoms with Crippen molar-refractivity contribution in [3.05, 3.63) is 100 Å². The standard InChI is InChI=1S/C24H23ClN2O2/c1-15-6-8-17(9-7-15)24-26-20(16-10-12-18(25)13-11-16)14-21(27-24)19-4-3-5-22(29-2)23(19)28/h3-14,21,24,26-28H,1-2H3. The van der Waals surface area contributed by atoms with E-state index in [1.165, 1.54) is 5.56 Å². The third-order valence-electron chi connectivity index (χ3n) is 5.13. The van der Waals surface area contributed by atoms with E-state index in [2.05, 4.69) is 47.9 Å². The van der Waals surface area contributed by atoms with E-state index in [-0.39, 0.29) is 18.0 Å². The van der Waals surface area contributed by atoms with Crippen molar-refractivity contribution in [3.63, 3.8) is 0 Å². The number of phenols is 1. The van der Waals surface area contributed by atoms with Crippen molar-refractivity contribution in [3.8, 4) is 11.5 Å². The number of para-hydroxylation sites is 1. The predicted octanol–water partition coefficient (Wildman–Crippen LogP) is 5.34. The molecule has 4 nitrogen and oxygen atoms in total. The zero-order valence-electron chi connectivity index (χ0n) is 16.3. The van der Waals surface area contributed by atoms with Crippen LogP contribution in [0.15, 0.2) is 72.8 Å². The van der Waals surface area contributed by atoms with E-state index in [9.17, 15) is 5.11 Å². The van der Waals surface area contributed by atoms with Crippen molar-refractivity contribution >= 4 is 17.3 Å². The van der Waals surface area contributed by atoms with Crippen LogP contribution < -0.4 is 15.4 Å². The summed E-state index contributed by atoms with van der Waals surface area (Å²) in [6.45, 7) is 2.07. The van der Waals surface area contributed by atoms with Gasteiger partial charge in [-0.05, 0) is 42.3 Å². The average Bonchev–Trinajstić information content (AvgIpc) is 2.74. The molecule has 0 fully saturated rings. The van der Waals surface area contributed by atoms with Crippen molar-refractivity contribution in [2.24, 2.45) is 0 Å². The Kier molecular flexibility index (Phi) is 5.47. The second-order valence-corrected chi connectivity index (χ2v) is 7.55. The first-order chi connectivity index (χ1) is 14.0. The lowest BCUT2D eigenvalue weighted by Gasteiger charge is -2.33. The van der Waals surface area contributed by atoms with E-state index in [0.717, 1.165) is 22.4 Å². The summed E-state index contributed by atoms with van der Waals surface area (Å²) in [5, 5.41) is 18.5. The maximum Gasteiger partial charge on any atom is 0.162 e. The molecule has 2 unspecified atom stereocenters. The van der Waals surface area contributed by atoms with Crippen molar-refractivity contribution in [1.82, 2.24) is 10.6 Å². The Bertz CT molecular complexity index is 1030. The molecule has 4 rings (SSSR count). The summed E-state index contributed by atoms with van der Waals surface area (Å²) < 4.78 is 5.30. The number of hydrogen-bond donors (Lipinski definition) is 3. The molecule has 0 bridgehead atoms. The molecule has 0 aliphatic carbocycles. The fourth-order valence-electron chi connectivity index (χ4n) is 3.52. The van der Waals surface area contributed by atoms with Gasteiger partial charge in [-0.3, -0.25) is 5.32 Å². The molecule has 0 saturated carbocycles. The largest absolute Gasteiger partial charge is 0.504 e. The molecule has 148 valence electrons. The third-order valence-corrected chi connectivity index (χ3v) is 5.38. The number of nitrogens with one attached hydrogen (secondary N) is 2. The van der Waals surface area contributed by atoms with Gasteiger partial charge in [0.05, 0.1) is 13.2 Å². The van der Waals surface area contributed by atoms with Crippen LogP contribution in [-0.4, -0.2) is 12.2 Å². The van der Waals surface area contributed by atoms with Gasteiger partial charge in [-0.25, -0.2) is 0 Å². The van der Waals surface area contributed by atoms with Crippen LogP contribution in [0.5, 0.6) is 11.5 Å². The Balaban J connectivity index is 1.77.